The molecule has 0 aromatic heterocycles. The molecular weight excluding hydrogens is 282 g/mol. The van der Waals surface area contributed by atoms with Crippen LogP contribution in [0.5, 0.6) is 0 Å². The smallest absolute Gasteiger partial charge is 0.123 e. The number of halogens is 3. The fourth-order valence-electron chi connectivity index (χ4n) is 2.18. The lowest BCUT2D eigenvalue weighted by atomic mass is 10.0. The minimum atomic E-state index is -0.641. The van der Waals surface area contributed by atoms with E-state index in [0.29, 0.717) is 0 Å². The summed E-state index contributed by atoms with van der Waals surface area (Å²) in [4.78, 5) is 0. The van der Waals surface area contributed by atoms with Crippen LogP contribution in [0, 0.1) is 11.6 Å². The lowest BCUT2D eigenvalue weighted by molar-refractivity contribution is 0.626. The summed E-state index contributed by atoms with van der Waals surface area (Å²) in [7, 11) is -0.641. The Balaban J connectivity index is 2.35. The maximum atomic E-state index is 13.0. The first-order valence-electron chi connectivity index (χ1n) is 6.21. The van der Waals surface area contributed by atoms with E-state index in [9.17, 15) is 8.78 Å². The van der Waals surface area contributed by atoms with Gasteiger partial charge in [0, 0.05) is 5.00 Å². The molecule has 2 rings (SSSR count). The van der Waals surface area contributed by atoms with Crippen LogP contribution in [0.25, 0.3) is 0 Å². The van der Waals surface area contributed by atoms with Gasteiger partial charge in [-0.25, -0.2) is 8.78 Å². The molecule has 0 bridgehead atoms. The number of hydrogen-bond donors (Lipinski definition) is 0. The summed E-state index contributed by atoms with van der Waals surface area (Å²) in [6.07, 6.45) is 0. The summed E-state index contributed by atoms with van der Waals surface area (Å²) in [6, 6.07) is 13.0. The van der Waals surface area contributed by atoms with Crippen LogP contribution in [-0.4, -0.2) is 14.5 Å². The first kappa shape index (κ1) is 14.2. The van der Waals surface area contributed by atoms with E-state index in [1.165, 1.54) is 24.3 Å². The third-order valence-corrected chi connectivity index (χ3v) is 5.70. The highest BCUT2D eigenvalue weighted by Gasteiger charge is 2.17. The van der Waals surface area contributed by atoms with E-state index < -0.39 is 9.52 Å². The Morgan fingerprint density at radius 1 is 0.842 bits per heavy atom. The van der Waals surface area contributed by atoms with Gasteiger partial charge < -0.3 is 0 Å². The van der Waals surface area contributed by atoms with Gasteiger partial charge in [-0.3, -0.25) is 0 Å². The molecule has 0 fully saturated rings. The van der Waals surface area contributed by atoms with Crippen molar-refractivity contribution in [1.29, 1.82) is 0 Å². The molecule has 0 heterocycles. The van der Waals surface area contributed by atoms with Crippen molar-refractivity contribution in [2.24, 2.45) is 0 Å². The molecule has 0 nitrogen and oxygen atoms in total. The summed E-state index contributed by atoms with van der Waals surface area (Å²) >= 11 is 6.15. The topological polar surface area (TPSA) is 0 Å². The maximum Gasteiger partial charge on any atom is 0.123 e. The molecule has 0 aliphatic rings. The van der Waals surface area contributed by atoms with Crippen LogP contribution >= 0.6 is 11.6 Å². The van der Waals surface area contributed by atoms with Crippen molar-refractivity contribution in [1.82, 2.24) is 0 Å². The van der Waals surface area contributed by atoms with E-state index in [1.54, 1.807) is 24.3 Å². The van der Waals surface area contributed by atoms with E-state index >= 15 is 0 Å². The van der Waals surface area contributed by atoms with Gasteiger partial charge in [0.05, 0.1) is 9.52 Å². The number of benzene rings is 2. The summed E-state index contributed by atoms with van der Waals surface area (Å²) in [5.74, 6) is -0.496. The van der Waals surface area contributed by atoms with Gasteiger partial charge in [-0.15, -0.1) is 11.6 Å². The Labute approximate surface area is 119 Å². The molecule has 2 aromatic carbocycles. The van der Waals surface area contributed by atoms with E-state index in [0.717, 1.165) is 11.1 Å². The SMILES string of the molecule is CC(Cl)[SiH2]C(c1ccc(F)cc1)c1ccc(F)cc1. The van der Waals surface area contributed by atoms with E-state index in [4.69, 9.17) is 11.6 Å². The minimum absolute atomic E-state index is 0.125. The number of hydrogen-bond acceptors (Lipinski definition) is 0. The average molecular weight is 297 g/mol. The van der Waals surface area contributed by atoms with Crippen molar-refractivity contribution in [2.75, 3.05) is 0 Å². The molecule has 2 aromatic rings. The van der Waals surface area contributed by atoms with Gasteiger partial charge in [0.25, 0.3) is 0 Å². The van der Waals surface area contributed by atoms with Crippen molar-refractivity contribution < 1.29 is 8.78 Å². The lowest BCUT2D eigenvalue weighted by Gasteiger charge is -2.19. The third-order valence-electron chi connectivity index (χ3n) is 3.11. The lowest BCUT2D eigenvalue weighted by Crippen LogP contribution is -2.17. The molecule has 0 aliphatic carbocycles. The van der Waals surface area contributed by atoms with E-state index in [1.807, 2.05) is 6.92 Å². The molecule has 0 saturated heterocycles. The Kier molecular flexibility index (Phi) is 4.72. The highest BCUT2D eigenvalue weighted by molar-refractivity contribution is 6.54. The van der Waals surface area contributed by atoms with Crippen molar-refractivity contribution in [3.8, 4) is 0 Å². The summed E-state index contributed by atoms with van der Waals surface area (Å²) < 4.78 is 26.0. The Morgan fingerprint density at radius 2 is 1.21 bits per heavy atom. The molecular formula is C15H15ClF2Si. The maximum absolute atomic E-state index is 13.0. The van der Waals surface area contributed by atoms with Gasteiger partial charge >= 0.3 is 0 Å². The Hall–Kier alpha value is -1.19. The second-order valence-corrected chi connectivity index (χ2v) is 8.45. The first-order valence-corrected chi connectivity index (χ1v) is 8.28. The van der Waals surface area contributed by atoms with Crippen LogP contribution in [0.4, 0.5) is 8.78 Å². The Bertz CT molecular complexity index is 477. The fraction of sp³-hybridized carbons (Fsp3) is 0.200. The van der Waals surface area contributed by atoms with Gasteiger partial charge in [-0.1, -0.05) is 31.2 Å². The van der Waals surface area contributed by atoms with E-state index in [-0.39, 0.29) is 22.2 Å². The van der Waals surface area contributed by atoms with Crippen molar-refractivity contribution in [3.63, 3.8) is 0 Å². The second-order valence-electron chi connectivity index (χ2n) is 4.67. The molecule has 0 aliphatic heterocycles. The fourth-order valence-corrected chi connectivity index (χ4v) is 4.45. The second kappa shape index (κ2) is 6.31. The van der Waals surface area contributed by atoms with Gasteiger partial charge in [-0.2, -0.15) is 0 Å². The zero-order valence-electron chi connectivity index (χ0n) is 10.6. The highest BCUT2D eigenvalue weighted by atomic mass is 35.5. The van der Waals surface area contributed by atoms with Crippen LogP contribution in [0.3, 0.4) is 0 Å². The van der Waals surface area contributed by atoms with Crippen LogP contribution in [0.2, 0.25) is 0 Å². The molecule has 0 spiro atoms. The standard InChI is InChI=1S/C15H15ClF2Si/c1-10(16)19-15(11-2-6-13(17)7-3-11)12-4-8-14(18)9-5-12/h2-10,15H,19H2,1H3. The van der Waals surface area contributed by atoms with Gasteiger partial charge in [-0.05, 0) is 40.9 Å². The minimum Gasteiger partial charge on any atom is -0.207 e. The van der Waals surface area contributed by atoms with E-state index in [2.05, 4.69) is 0 Å². The van der Waals surface area contributed by atoms with Crippen molar-refractivity contribution in [2.45, 2.75) is 17.5 Å². The van der Waals surface area contributed by atoms with Gasteiger partial charge in [0.15, 0.2) is 0 Å². The molecule has 1 unspecified atom stereocenters. The summed E-state index contributed by atoms with van der Waals surface area (Å²) in [6.45, 7) is 1.98. The summed E-state index contributed by atoms with van der Waals surface area (Å²) in [5.41, 5.74) is 2.29. The van der Waals surface area contributed by atoms with Crippen molar-refractivity contribution >= 4 is 21.1 Å². The average Bonchev–Trinajstić information content (AvgIpc) is 2.38. The molecule has 0 N–H and O–H groups in total. The molecule has 0 saturated carbocycles. The van der Waals surface area contributed by atoms with Crippen LogP contribution in [-0.2, 0) is 0 Å². The predicted octanol–water partition coefficient (Wildman–Crippen LogP) is 3.81. The third kappa shape index (κ3) is 3.88. The van der Waals surface area contributed by atoms with Gasteiger partial charge in [0.1, 0.15) is 11.6 Å². The Morgan fingerprint density at radius 3 is 1.53 bits per heavy atom. The molecule has 0 radical (unpaired) electrons. The van der Waals surface area contributed by atoms with Crippen LogP contribution < -0.4 is 0 Å². The molecule has 1 atom stereocenters. The first-order chi connectivity index (χ1) is 9.06. The summed E-state index contributed by atoms with van der Waals surface area (Å²) in [5, 5.41) is 0.125. The molecule has 100 valence electrons. The number of alkyl halides is 1. The highest BCUT2D eigenvalue weighted by Crippen LogP contribution is 2.25. The van der Waals surface area contributed by atoms with Gasteiger partial charge in [0.2, 0.25) is 0 Å². The normalized spacial score (nSPS) is 13.3. The number of rotatable bonds is 4. The van der Waals surface area contributed by atoms with Crippen LogP contribution in [0.1, 0.15) is 23.6 Å². The van der Waals surface area contributed by atoms with Crippen molar-refractivity contribution in [3.05, 3.63) is 71.3 Å². The quantitative estimate of drug-likeness (QED) is 0.594. The zero-order valence-corrected chi connectivity index (χ0v) is 12.8. The molecule has 19 heavy (non-hydrogen) atoms. The monoisotopic (exact) mass is 296 g/mol. The molecule has 0 amide bonds. The molecule has 4 heteroatoms. The predicted molar refractivity (Wildman–Crippen MR) is 78.5 cm³/mol. The zero-order chi connectivity index (χ0) is 13.8. The van der Waals surface area contributed by atoms with Crippen LogP contribution in [0.15, 0.2) is 48.5 Å². The largest absolute Gasteiger partial charge is 0.207 e.